The highest BCUT2D eigenvalue weighted by molar-refractivity contribution is 5.95. The molecule has 2 aromatic carbocycles. The molecule has 0 aliphatic heterocycles. The van der Waals surface area contributed by atoms with Crippen LogP contribution in [0.2, 0.25) is 0 Å². The van der Waals surface area contributed by atoms with Crippen LogP contribution in [0.1, 0.15) is 25.0 Å². The fourth-order valence-electron chi connectivity index (χ4n) is 1.68. The Morgan fingerprint density at radius 1 is 1.05 bits per heavy atom. The Kier molecular flexibility index (Phi) is 4.52. The minimum absolute atomic E-state index is 0.142. The van der Waals surface area contributed by atoms with Crippen molar-refractivity contribution >= 4 is 5.90 Å². The molecule has 0 bridgehead atoms. The zero-order chi connectivity index (χ0) is 14.4. The minimum Gasteiger partial charge on any atom is -0.439 e. The van der Waals surface area contributed by atoms with Gasteiger partial charge in [0.1, 0.15) is 5.75 Å². The third kappa shape index (κ3) is 3.69. The maximum absolute atomic E-state index is 8.79. The van der Waals surface area contributed by atoms with Gasteiger partial charge in [-0.05, 0) is 50.2 Å². The summed E-state index contributed by atoms with van der Waals surface area (Å²) in [4.78, 5) is 4.51. The Balaban J connectivity index is 2.27. The highest BCUT2D eigenvalue weighted by atomic mass is 16.5. The van der Waals surface area contributed by atoms with Gasteiger partial charge < -0.3 is 4.74 Å². The lowest BCUT2D eigenvalue weighted by molar-refractivity contribution is 0.543. The molecular weight excluding hydrogens is 248 g/mol. The Bertz CT molecular complexity index is 622. The number of hydrogen-bond donors (Lipinski definition) is 0. The SMILES string of the molecule is CC(C)N=C(Oc1ccc(C#N)cc1)c1ccccc1. The number of nitriles is 1. The van der Waals surface area contributed by atoms with Crippen molar-refractivity contribution in [3.8, 4) is 11.8 Å². The number of hydrogen-bond acceptors (Lipinski definition) is 3. The monoisotopic (exact) mass is 264 g/mol. The smallest absolute Gasteiger partial charge is 0.222 e. The highest BCUT2D eigenvalue weighted by Gasteiger charge is 2.07. The van der Waals surface area contributed by atoms with E-state index >= 15 is 0 Å². The first-order chi connectivity index (χ1) is 9.69. The number of aliphatic imine (C=N–C) groups is 1. The van der Waals surface area contributed by atoms with Crippen LogP contribution in [0.25, 0.3) is 0 Å². The molecule has 0 fully saturated rings. The molecule has 0 atom stereocenters. The zero-order valence-corrected chi connectivity index (χ0v) is 11.6. The van der Waals surface area contributed by atoms with E-state index in [9.17, 15) is 0 Å². The number of benzene rings is 2. The third-order valence-corrected chi connectivity index (χ3v) is 2.59. The topological polar surface area (TPSA) is 45.4 Å². The molecule has 3 heteroatoms. The van der Waals surface area contributed by atoms with E-state index < -0.39 is 0 Å². The van der Waals surface area contributed by atoms with Gasteiger partial charge in [0, 0.05) is 11.6 Å². The van der Waals surface area contributed by atoms with E-state index in [1.54, 1.807) is 24.3 Å². The molecule has 0 amide bonds. The average Bonchev–Trinajstić information content (AvgIpc) is 2.48. The van der Waals surface area contributed by atoms with Crippen LogP contribution >= 0.6 is 0 Å². The second kappa shape index (κ2) is 6.53. The van der Waals surface area contributed by atoms with E-state index in [0.717, 1.165) is 5.56 Å². The van der Waals surface area contributed by atoms with Gasteiger partial charge in [0.15, 0.2) is 0 Å². The standard InChI is InChI=1S/C17H16N2O/c1-13(2)19-17(15-6-4-3-5-7-15)20-16-10-8-14(12-18)9-11-16/h3-11,13H,1-2H3. The van der Waals surface area contributed by atoms with Gasteiger partial charge in [-0.15, -0.1) is 0 Å². The summed E-state index contributed by atoms with van der Waals surface area (Å²) >= 11 is 0. The van der Waals surface area contributed by atoms with Gasteiger partial charge in [-0.2, -0.15) is 5.26 Å². The fraction of sp³-hybridized carbons (Fsp3) is 0.176. The summed E-state index contributed by atoms with van der Waals surface area (Å²) in [5.41, 5.74) is 1.55. The van der Waals surface area contributed by atoms with Crippen LogP contribution in [0.15, 0.2) is 59.6 Å². The van der Waals surface area contributed by atoms with Crippen molar-refractivity contribution in [2.24, 2.45) is 4.99 Å². The van der Waals surface area contributed by atoms with Crippen LogP contribution in [0.5, 0.6) is 5.75 Å². The molecule has 3 nitrogen and oxygen atoms in total. The lowest BCUT2D eigenvalue weighted by atomic mass is 10.2. The molecule has 0 aliphatic rings. The first-order valence-corrected chi connectivity index (χ1v) is 6.50. The van der Waals surface area contributed by atoms with Crippen molar-refractivity contribution < 1.29 is 4.74 Å². The minimum atomic E-state index is 0.142. The lowest BCUT2D eigenvalue weighted by Gasteiger charge is -2.10. The molecule has 0 aromatic heterocycles. The average molecular weight is 264 g/mol. The third-order valence-electron chi connectivity index (χ3n) is 2.59. The van der Waals surface area contributed by atoms with Gasteiger partial charge >= 0.3 is 0 Å². The zero-order valence-electron chi connectivity index (χ0n) is 11.6. The van der Waals surface area contributed by atoms with Crippen LogP contribution in [-0.2, 0) is 0 Å². The Hall–Kier alpha value is -2.60. The second-order valence-corrected chi connectivity index (χ2v) is 4.63. The summed E-state index contributed by atoms with van der Waals surface area (Å²) in [6.07, 6.45) is 0. The van der Waals surface area contributed by atoms with Gasteiger partial charge in [-0.1, -0.05) is 18.2 Å². The molecule has 2 aromatic rings. The van der Waals surface area contributed by atoms with E-state index in [1.807, 2.05) is 44.2 Å². The molecular formula is C17H16N2O. The summed E-state index contributed by atoms with van der Waals surface area (Å²) in [6, 6.07) is 19.0. The molecule has 0 aliphatic carbocycles. The van der Waals surface area contributed by atoms with Crippen LogP contribution in [0, 0.1) is 11.3 Å². The molecule has 0 saturated carbocycles. The van der Waals surface area contributed by atoms with Gasteiger partial charge in [0.05, 0.1) is 11.6 Å². The van der Waals surface area contributed by atoms with Crippen molar-refractivity contribution in [1.82, 2.24) is 0 Å². The molecule has 0 unspecified atom stereocenters. The molecule has 0 radical (unpaired) electrons. The van der Waals surface area contributed by atoms with Crippen molar-refractivity contribution in [3.05, 3.63) is 65.7 Å². The molecule has 0 N–H and O–H groups in total. The largest absolute Gasteiger partial charge is 0.439 e. The Morgan fingerprint density at radius 3 is 2.25 bits per heavy atom. The highest BCUT2D eigenvalue weighted by Crippen LogP contribution is 2.15. The van der Waals surface area contributed by atoms with Gasteiger partial charge in [-0.25, -0.2) is 4.99 Å². The van der Waals surface area contributed by atoms with E-state index in [1.165, 1.54) is 0 Å². The summed E-state index contributed by atoms with van der Waals surface area (Å²) in [5, 5.41) is 8.79. The van der Waals surface area contributed by atoms with E-state index in [0.29, 0.717) is 17.2 Å². The summed E-state index contributed by atoms with van der Waals surface area (Å²) in [6.45, 7) is 4.01. The molecule has 0 heterocycles. The Labute approximate surface area is 119 Å². The first-order valence-electron chi connectivity index (χ1n) is 6.50. The van der Waals surface area contributed by atoms with E-state index in [4.69, 9.17) is 10.00 Å². The lowest BCUT2D eigenvalue weighted by Crippen LogP contribution is -2.13. The van der Waals surface area contributed by atoms with Crippen LogP contribution < -0.4 is 4.74 Å². The quantitative estimate of drug-likeness (QED) is 0.625. The van der Waals surface area contributed by atoms with E-state index in [-0.39, 0.29) is 6.04 Å². The molecule has 2 rings (SSSR count). The fourth-order valence-corrected chi connectivity index (χ4v) is 1.68. The van der Waals surface area contributed by atoms with Crippen molar-refractivity contribution in [1.29, 1.82) is 5.26 Å². The molecule has 20 heavy (non-hydrogen) atoms. The second-order valence-electron chi connectivity index (χ2n) is 4.63. The van der Waals surface area contributed by atoms with Crippen LogP contribution in [-0.4, -0.2) is 11.9 Å². The number of ether oxygens (including phenoxy) is 1. The summed E-state index contributed by atoms with van der Waals surface area (Å²) < 4.78 is 5.85. The first kappa shape index (κ1) is 13.8. The molecule has 0 saturated heterocycles. The Morgan fingerprint density at radius 2 is 1.70 bits per heavy atom. The maximum Gasteiger partial charge on any atom is 0.222 e. The van der Waals surface area contributed by atoms with E-state index in [2.05, 4.69) is 11.1 Å². The van der Waals surface area contributed by atoms with Gasteiger partial charge in [0.25, 0.3) is 0 Å². The predicted molar refractivity (Wildman–Crippen MR) is 79.9 cm³/mol. The van der Waals surface area contributed by atoms with Crippen LogP contribution in [0.4, 0.5) is 0 Å². The summed E-state index contributed by atoms with van der Waals surface area (Å²) in [5.74, 6) is 1.26. The predicted octanol–water partition coefficient (Wildman–Crippen LogP) is 3.79. The van der Waals surface area contributed by atoms with Gasteiger partial charge in [0.2, 0.25) is 5.90 Å². The summed E-state index contributed by atoms with van der Waals surface area (Å²) in [7, 11) is 0. The number of rotatable bonds is 3. The molecule has 100 valence electrons. The van der Waals surface area contributed by atoms with Crippen LogP contribution in [0.3, 0.4) is 0 Å². The maximum atomic E-state index is 8.79. The van der Waals surface area contributed by atoms with Crippen molar-refractivity contribution in [2.45, 2.75) is 19.9 Å². The normalized spacial score (nSPS) is 11.2. The van der Waals surface area contributed by atoms with Crippen molar-refractivity contribution in [2.75, 3.05) is 0 Å². The number of nitrogens with zero attached hydrogens (tertiary/aromatic N) is 2. The van der Waals surface area contributed by atoms with Gasteiger partial charge in [-0.3, -0.25) is 0 Å². The molecule has 0 spiro atoms. The van der Waals surface area contributed by atoms with Crippen molar-refractivity contribution in [3.63, 3.8) is 0 Å².